The van der Waals surface area contributed by atoms with Crippen molar-refractivity contribution in [2.75, 3.05) is 29.9 Å². The maximum atomic E-state index is 13.5. The number of hydrogen-bond donors (Lipinski definition) is 1. The third-order valence-electron chi connectivity index (χ3n) is 5.62. The Morgan fingerprint density at radius 3 is 2.38 bits per heavy atom. The highest BCUT2D eigenvalue weighted by molar-refractivity contribution is 7.92. The second-order valence-corrected chi connectivity index (χ2v) is 10.2. The van der Waals surface area contributed by atoms with Crippen molar-refractivity contribution in [1.82, 2.24) is 10.2 Å². The fourth-order valence-electron chi connectivity index (χ4n) is 3.55. The third kappa shape index (κ3) is 5.80. The Labute approximate surface area is 200 Å². The lowest BCUT2D eigenvalue weighted by Crippen LogP contribution is -2.51. The molecule has 184 valence electrons. The number of rotatable bonds is 10. The molecule has 2 amide bonds. The zero-order valence-electron chi connectivity index (χ0n) is 19.9. The molecule has 0 bridgehead atoms. The van der Waals surface area contributed by atoms with Crippen LogP contribution in [0.25, 0.3) is 0 Å². The van der Waals surface area contributed by atoms with Crippen LogP contribution in [0.3, 0.4) is 0 Å². The summed E-state index contributed by atoms with van der Waals surface area (Å²) in [4.78, 5) is 27.5. The number of aryl methyl sites for hydroxylation is 1. The van der Waals surface area contributed by atoms with Crippen LogP contribution in [0.1, 0.15) is 31.9 Å². The normalized spacial score (nSPS) is 13.3. The maximum absolute atomic E-state index is 13.5. The molecule has 0 radical (unpaired) electrons. The number of benzene rings is 2. The van der Waals surface area contributed by atoms with E-state index in [1.165, 1.54) is 11.8 Å². The number of nitrogens with zero attached hydrogens (tertiary/aromatic N) is 2. The molecule has 0 aromatic heterocycles. The van der Waals surface area contributed by atoms with Gasteiger partial charge in [-0.25, -0.2) is 8.42 Å². The first kappa shape index (κ1) is 25.4. The van der Waals surface area contributed by atoms with E-state index in [2.05, 4.69) is 5.32 Å². The minimum absolute atomic E-state index is 0.0482. The van der Waals surface area contributed by atoms with Crippen molar-refractivity contribution in [3.8, 4) is 11.5 Å². The second-order valence-electron chi connectivity index (χ2n) is 8.02. The van der Waals surface area contributed by atoms with Gasteiger partial charge >= 0.3 is 0 Å². The molecule has 1 aliphatic heterocycles. The van der Waals surface area contributed by atoms with E-state index in [-0.39, 0.29) is 25.0 Å². The quantitative estimate of drug-likeness (QED) is 0.550. The summed E-state index contributed by atoms with van der Waals surface area (Å²) in [6, 6.07) is 11.6. The van der Waals surface area contributed by atoms with Crippen LogP contribution in [0.2, 0.25) is 0 Å². The van der Waals surface area contributed by atoms with Crippen LogP contribution >= 0.6 is 0 Å². The third-order valence-corrected chi connectivity index (χ3v) is 7.36. The molecule has 34 heavy (non-hydrogen) atoms. The number of carbonyl (C=O) groups excluding carboxylic acids is 2. The number of amides is 2. The van der Waals surface area contributed by atoms with Gasteiger partial charge in [0.1, 0.15) is 12.6 Å². The van der Waals surface area contributed by atoms with Crippen LogP contribution in [-0.2, 0) is 26.2 Å². The van der Waals surface area contributed by atoms with Gasteiger partial charge in [-0.2, -0.15) is 0 Å². The van der Waals surface area contributed by atoms with E-state index in [0.717, 1.165) is 15.4 Å². The minimum atomic E-state index is -3.81. The molecule has 1 heterocycles. The number of ether oxygens (including phenoxy) is 2. The molecule has 0 spiro atoms. The van der Waals surface area contributed by atoms with Gasteiger partial charge in [0.2, 0.25) is 28.6 Å². The fourth-order valence-corrected chi connectivity index (χ4v) is 4.61. The molecule has 1 atom stereocenters. The van der Waals surface area contributed by atoms with Crippen molar-refractivity contribution in [3.05, 3.63) is 53.6 Å². The summed E-state index contributed by atoms with van der Waals surface area (Å²) in [5.41, 5.74) is 2.20. The lowest BCUT2D eigenvalue weighted by atomic mass is 10.1. The van der Waals surface area contributed by atoms with Crippen molar-refractivity contribution in [2.45, 2.75) is 40.3 Å². The number of likely N-dealkylation sites (N-methyl/N-ethyl adjacent to an activating group) is 1. The van der Waals surface area contributed by atoms with Crippen LogP contribution in [-0.4, -0.2) is 56.8 Å². The van der Waals surface area contributed by atoms with Gasteiger partial charge < -0.3 is 19.7 Å². The van der Waals surface area contributed by atoms with Gasteiger partial charge in [0.25, 0.3) is 0 Å². The lowest BCUT2D eigenvalue weighted by Gasteiger charge is -2.31. The lowest BCUT2D eigenvalue weighted by molar-refractivity contribution is -0.139. The Hall–Kier alpha value is -3.27. The van der Waals surface area contributed by atoms with Crippen LogP contribution in [0.5, 0.6) is 11.5 Å². The average Bonchev–Trinajstić information content (AvgIpc) is 3.29. The molecule has 10 heteroatoms. The van der Waals surface area contributed by atoms with Gasteiger partial charge in [-0.1, -0.05) is 29.8 Å². The Bertz CT molecular complexity index is 1130. The Kier molecular flexibility index (Phi) is 8.03. The van der Waals surface area contributed by atoms with E-state index in [9.17, 15) is 18.0 Å². The van der Waals surface area contributed by atoms with Gasteiger partial charge in [-0.3, -0.25) is 13.9 Å². The van der Waals surface area contributed by atoms with Gasteiger partial charge in [0.15, 0.2) is 11.5 Å². The summed E-state index contributed by atoms with van der Waals surface area (Å²) in [5, 5.41) is 2.74. The van der Waals surface area contributed by atoms with Gasteiger partial charge in [-0.15, -0.1) is 0 Å². The summed E-state index contributed by atoms with van der Waals surface area (Å²) in [6.45, 7) is 7.09. The number of anilines is 1. The smallest absolute Gasteiger partial charge is 0.244 e. The molecule has 0 saturated heterocycles. The van der Waals surface area contributed by atoms with E-state index in [4.69, 9.17) is 9.47 Å². The van der Waals surface area contributed by atoms with Crippen LogP contribution < -0.4 is 19.1 Å². The molecule has 0 fully saturated rings. The number of fused-ring (bicyclic) bond motifs is 1. The number of nitrogens with one attached hydrogen (secondary N) is 1. The topological polar surface area (TPSA) is 105 Å². The van der Waals surface area contributed by atoms with Crippen LogP contribution in [0, 0.1) is 6.92 Å². The van der Waals surface area contributed by atoms with Crippen molar-refractivity contribution >= 4 is 27.5 Å². The maximum Gasteiger partial charge on any atom is 0.244 e. The molecule has 2 aromatic carbocycles. The van der Waals surface area contributed by atoms with Crippen molar-refractivity contribution in [3.63, 3.8) is 0 Å². The Morgan fingerprint density at radius 2 is 1.74 bits per heavy atom. The average molecular weight is 490 g/mol. The summed E-state index contributed by atoms with van der Waals surface area (Å²) < 4.78 is 37.7. The van der Waals surface area contributed by atoms with Gasteiger partial charge in [0.05, 0.1) is 11.4 Å². The van der Waals surface area contributed by atoms with E-state index < -0.39 is 28.5 Å². The van der Waals surface area contributed by atoms with Crippen molar-refractivity contribution in [1.29, 1.82) is 0 Å². The van der Waals surface area contributed by atoms with E-state index >= 15 is 0 Å². The predicted molar refractivity (Wildman–Crippen MR) is 129 cm³/mol. The number of hydrogen-bond acceptors (Lipinski definition) is 6. The molecule has 0 saturated carbocycles. The van der Waals surface area contributed by atoms with Gasteiger partial charge in [-0.05, 0) is 45.4 Å². The molecule has 0 aliphatic carbocycles. The highest BCUT2D eigenvalue weighted by Gasteiger charge is 2.31. The molecule has 2 aromatic rings. The Morgan fingerprint density at radius 1 is 1.06 bits per heavy atom. The first-order valence-electron chi connectivity index (χ1n) is 11.2. The molecular weight excluding hydrogens is 458 g/mol. The van der Waals surface area contributed by atoms with E-state index in [0.29, 0.717) is 23.7 Å². The molecular formula is C24H31N3O6S. The minimum Gasteiger partial charge on any atom is -0.454 e. The summed E-state index contributed by atoms with van der Waals surface area (Å²) >= 11 is 0. The molecule has 1 aliphatic rings. The molecule has 3 rings (SSSR count). The van der Waals surface area contributed by atoms with E-state index in [1.807, 2.05) is 31.2 Å². The fraction of sp³-hybridized carbons (Fsp3) is 0.417. The summed E-state index contributed by atoms with van der Waals surface area (Å²) in [6.07, 6.45) is 0. The second kappa shape index (κ2) is 10.8. The zero-order valence-corrected chi connectivity index (χ0v) is 20.7. The number of sulfonamides is 1. The largest absolute Gasteiger partial charge is 0.454 e. The van der Waals surface area contributed by atoms with E-state index in [1.54, 1.807) is 32.0 Å². The first-order valence-corrected chi connectivity index (χ1v) is 12.8. The standard InChI is InChI=1S/C24H31N3O6S/c1-5-25-24(29)18(4)26(14-19-9-7-17(3)8-10-19)23(28)15-27(34(30,31)6-2)20-11-12-21-22(13-20)33-16-32-21/h7-13,18H,5-6,14-16H2,1-4H3,(H,25,29)/t18-/m1/s1. The Balaban J connectivity index is 1.93. The first-order chi connectivity index (χ1) is 16.2. The SMILES string of the molecule is CCNC(=O)[C@@H](C)N(Cc1ccc(C)cc1)C(=O)CN(c1ccc2c(c1)OCO2)S(=O)(=O)CC. The summed E-state index contributed by atoms with van der Waals surface area (Å²) in [5.74, 6) is -0.0772. The van der Waals surface area contributed by atoms with Gasteiger partial charge in [0, 0.05) is 19.2 Å². The molecule has 1 N–H and O–H groups in total. The van der Waals surface area contributed by atoms with Crippen molar-refractivity contribution < 1.29 is 27.5 Å². The number of carbonyl (C=O) groups is 2. The molecule has 9 nitrogen and oxygen atoms in total. The molecule has 0 unspecified atom stereocenters. The monoisotopic (exact) mass is 489 g/mol. The van der Waals surface area contributed by atoms with Crippen molar-refractivity contribution in [2.24, 2.45) is 0 Å². The highest BCUT2D eigenvalue weighted by atomic mass is 32.2. The predicted octanol–water partition coefficient (Wildman–Crippen LogP) is 2.43. The summed E-state index contributed by atoms with van der Waals surface area (Å²) in [7, 11) is -3.81. The highest BCUT2D eigenvalue weighted by Crippen LogP contribution is 2.36. The van der Waals surface area contributed by atoms with Crippen LogP contribution in [0.15, 0.2) is 42.5 Å². The zero-order chi connectivity index (χ0) is 24.9. The van der Waals surface area contributed by atoms with Crippen LogP contribution in [0.4, 0.5) is 5.69 Å².